The zero-order valence-corrected chi connectivity index (χ0v) is 14.8. The van der Waals surface area contributed by atoms with Gasteiger partial charge in [-0.25, -0.2) is 0 Å². The molecule has 0 saturated carbocycles. The lowest BCUT2D eigenvalue weighted by molar-refractivity contribution is 0.189. The van der Waals surface area contributed by atoms with Gasteiger partial charge in [-0.3, -0.25) is 4.57 Å². The quantitative estimate of drug-likeness (QED) is 0.287. The smallest absolute Gasteiger partial charge is 0.308 e. The maximum Gasteiger partial charge on any atom is 0.346 e. The van der Waals surface area contributed by atoms with E-state index in [1.807, 2.05) is 6.92 Å². The van der Waals surface area contributed by atoms with Gasteiger partial charge in [0.1, 0.15) is 4.49 Å². The Bertz CT molecular complexity index is 255. The number of hydrogen-bond donors (Lipinski definition) is 1. The summed E-state index contributed by atoms with van der Waals surface area (Å²) in [4.78, 5) is 0. The molecule has 116 valence electrons. The number of hydrogen-bond acceptors (Lipinski definition) is 4. The van der Waals surface area contributed by atoms with Crippen molar-refractivity contribution >= 4 is 20.2 Å². The van der Waals surface area contributed by atoms with Crippen molar-refractivity contribution in [2.24, 2.45) is 0 Å². The van der Waals surface area contributed by atoms with Crippen LogP contribution >= 0.6 is 20.2 Å². The van der Waals surface area contributed by atoms with Crippen molar-refractivity contribution in [3.63, 3.8) is 0 Å². The van der Waals surface area contributed by atoms with Crippen molar-refractivity contribution in [3.05, 3.63) is 0 Å². The molecular weight excluding hydrogens is 279 g/mol. The first-order chi connectivity index (χ1) is 8.93. The fourth-order valence-electron chi connectivity index (χ4n) is 1.62. The average Bonchev–Trinajstić information content (AvgIpc) is 2.37. The summed E-state index contributed by atoms with van der Waals surface area (Å²) >= 11 is 4.59. The van der Waals surface area contributed by atoms with Gasteiger partial charge in [0.25, 0.3) is 0 Å². The molecule has 0 aromatic rings. The Hall–Kier alpha value is 0.500. The van der Waals surface area contributed by atoms with Crippen LogP contribution in [0.1, 0.15) is 72.6 Å². The van der Waals surface area contributed by atoms with Gasteiger partial charge in [0.05, 0.1) is 13.2 Å². The third-order valence-corrected chi connectivity index (χ3v) is 6.52. The average molecular weight is 310 g/mol. The summed E-state index contributed by atoms with van der Waals surface area (Å²) in [5.41, 5.74) is 0. The zero-order valence-electron chi connectivity index (χ0n) is 13.0. The van der Waals surface area contributed by atoms with E-state index in [0.29, 0.717) is 13.2 Å². The van der Waals surface area contributed by atoms with Crippen molar-refractivity contribution in [3.8, 4) is 0 Å². The summed E-state index contributed by atoms with van der Waals surface area (Å²) in [5, 5.41) is 0. The molecule has 0 fully saturated rings. The molecule has 0 bridgehead atoms. The van der Waals surface area contributed by atoms with E-state index < -0.39 is 12.1 Å². The Morgan fingerprint density at radius 1 is 0.947 bits per heavy atom. The van der Waals surface area contributed by atoms with Gasteiger partial charge in [0, 0.05) is 0 Å². The molecule has 0 rings (SSSR count). The van der Waals surface area contributed by atoms with E-state index in [2.05, 4.69) is 33.4 Å². The summed E-state index contributed by atoms with van der Waals surface area (Å²) in [6, 6.07) is 0. The first kappa shape index (κ1) is 19.5. The predicted molar refractivity (Wildman–Crippen MR) is 86.2 cm³/mol. The number of rotatable bonds is 12. The van der Waals surface area contributed by atoms with Crippen LogP contribution in [0.3, 0.4) is 0 Å². The van der Waals surface area contributed by atoms with Crippen molar-refractivity contribution in [1.82, 2.24) is 0 Å². The van der Waals surface area contributed by atoms with Gasteiger partial charge in [-0.1, -0.05) is 46.5 Å². The van der Waals surface area contributed by atoms with E-state index in [4.69, 9.17) is 9.05 Å². The molecule has 1 atom stereocenters. The van der Waals surface area contributed by atoms with Crippen LogP contribution in [0.25, 0.3) is 0 Å². The molecule has 0 aromatic heterocycles. The van der Waals surface area contributed by atoms with Crippen LogP contribution < -0.4 is 0 Å². The zero-order chi connectivity index (χ0) is 14.8. The number of thiol groups is 1. The lowest BCUT2D eigenvalue weighted by Crippen LogP contribution is -2.21. The van der Waals surface area contributed by atoms with Crippen LogP contribution in [0.5, 0.6) is 0 Å². The lowest BCUT2D eigenvalue weighted by atomic mass is 10.2. The molecule has 0 aromatic carbocycles. The second-order valence-electron chi connectivity index (χ2n) is 5.19. The minimum Gasteiger partial charge on any atom is -0.308 e. The van der Waals surface area contributed by atoms with E-state index in [9.17, 15) is 4.57 Å². The van der Waals surface area contributed by atoms with Crippen LogP contribution in [-0.4, -0.2) is 17.7 Å². The van der Waals surface area contributed by atoms with Crippen LogP contribution in [-0.2, 0) is 13.6 Å². The topological polar surface area (TPSA) is 35.5 Å². The van der Waals surface area contributed by atoms with E-state index in [0.717, 1.165) is 44.9 Å². The van der Waals surface area contributed by atoms with Gasteiger partial charge in [0.2, 0.25) is 0 Å². The maximum atomic E-state index is 13.0. The van der Waals surface area contributed by atoms with Gasteiger partial charge < -0.3 is 9.05 Å². The molecule has 0 amide bonds. The Morgan fingerprint density at radius 2 is 1.37 bits per heavy atom. The standard InChI is InChI=1S/C14H31O3PS/c1-5-8-11-14(4,19)18(15,16-12-9-6-2)17-13-10-7-3/h19H,5-13H2,1-4H3. The highest BCUT2D eigenvalue weighted by Gasteiger charge is 2.43. The first-order valence-electron chi connectivity index (χ1n) is 7.55. The van der Waals surface area contributed by atoms with Gasteiger partial charge in [-0.2, -0.15) is 12.6 Å². The van der Waals surface area contributed by atoms with E-state index >= 15 is 0 Å². The highest BCUT2D eigenvalue weighted by atomic mass is 32.1. The fraction of sp³-hybridized carbons (Fsp3) is 1.00. The van der Waals surface area contributed by atoms with E-state index in [-0.39, 0.29) is 0 Å². The van der Waals surface area contributed by atoms with Gasteiger partial charge >= 0.3 is 7.60 Å². The molecule has 3 nitrogen and oxygen atoms in total. The normalized spacial score (nSPS) is 15.4. The number of unbranched alkanes of at least 4 members (excludes halogenated alkanes) is 3. The fourth-order valence-corrected chi connectivity index (χ4v) is 3.93. The minimum absolute atomic E-state index is 0.488. The predicted octanol–water partition coefficient (Wildman–Crippen LogP) is 5.65. The SMILES string of the molecule is CCCCOP(=O)(OCCCC)C(C)(S)CCCC. The lowest BCUT2D eigenvalue weighted by Gasteiger charge is -2.32. The molecule has 19 heavy (non-hydrogen) atoms. The second-order valence-corrected chi connectivity index (χ2v) is 9.03. The molecule has 0 heterocycles. The Labute approximate surface area is 124 Å². The molecule has 0 aliphatic heterocycles. The third kappa shape index (κ3) is 7.17. The summed E-state index contributed by atoms with van der Waals surface area (Å²) in [6.07, 6.45) is 6.64. The highest BCUT2D eigenvalue weighted by Crippen LogP contribution is 2.63. The molecule has 0 saturated heterocycles. The molecule has 0 aliphatic carbocycles. The molecule has 0 aliphatic rings. The first-order valence-corrected chi connectivity index (χ1v) is 9.54. The van der Waals surface area contributed by atoms with Crippen molar-refractivity contribution in [2.75, 3.05) is 13.2 Å². The summed E-state index contributed by atoms with van der Waals surface area (Å²) in [6.45, 7) is 9.14. The molecule has 1 unspecified atom stereocenters. The van der Waals surface area contributed by atoms with Gasteiger partial charge in [0.15, 0.2) is 0 Å². The summed E-state index contributed by atoms with van der Waals surface area (Å²) < 4.78 is 23.6. The largest absolute Gasteiger partial charge is 0.346 e. The monoisotopic (exact) mass is 310 g/mol. The van der Waals surface area contributed by atoms with E-state index in [1.54, 1.807) is 0 Å². The Kier molecular flexibility index (Phi) is 10.5. The molecular formula is C14H31O3PS. The Balaban J connectivity index is 4.65. The summed E-state index contributed by atoms with van der Waals surface area (Å²) in [7, 11) is -3.15. The maximum absolute atomic E-state index is 13.0. The van der Waals surface area contributed by atoms with Crippen molar-refractivity contribution < 1.29 is 13.6 Å². The Morgan fingerprint density at radius 3 is 1.74 bits per heavy atom. The third-order valence-electron chi connectivity index (χ3n) is 3.11. The molecule has 0 spiro atoms. The van der Waals surface area contributed by atoms with Crippen LogP contribution in [0, 0.1) is 0 Å². The van der Waals surface area contributed by atoms with Crippen molar-refractivity contribution in [1.29, 1.82) is 0 Å². The van der Waals surface area contributed by atoms with Gasteiger partial charge in [-0.05, 0) is 26.2 Å². The van der Waals surface area contributed by atoms with Crippen molar-refractivity contribution in [2.45, 2.75) is 77.1 Å². The minimum atomic E-state index is -3.15. The molecule has 0 N–H and O–H groups in total. The second kappa shape index (κ2) is 10.3. The van der Waals surface area contributed by atoms with Crippen LogP contribution in [0.2, 0.25) is 0 Å². The highest BCUT2D eigenvalue weighted by molar-refractivity contribution is 7.91. The van der Waals surface area contributed by atoms with Crippen LogP contribution in [0.15, 0.2) is 0 Å². The van der Waals surface area contributed by atoms with Gasteiger partial charge in [-0.15, -0.1) is 0 Å². The van der Waals surface area contributed by atoms with Crippen LogP contribution in [0.4, 0.5) is 0 Å². The molecule has 0 radical (unpaired) electrons. The van der Waals surface area contributed by atoms with E-state index in [1.165, 1.54) is 0 Å². The summed E-state index contributed by atoms with van der Waals surface area (Å²) in [5.74, 6) is 0. The molecule has 5 heteroatoms.